The minimum Gasteiger partial charge on any atom is -0.454 e. The maximum atomic E-state index is 13.3. The van der Waals surface area contributed by atoms with E-state index in [9.17, 15) is 29.3 Å². The summed E-state index contributed by atoms with van der Waals surface area (Å²) in [5.41, 5.74) is 0.213. The lowest BCUT2D eigenvalue weighted by atomic mass is 9.63. The quantitative estimate of drug-likeness (QED) is 0.158. The minimum atomic E-state index is -0.801. The van der Waals surface area contributed by atoms with Gasteiger partial charge in [0.05, 0.1) is 28.0 Å². The molecule has 3 fully saturated rings. The number of ketones is 1. The molecular formula is C26H20N2O7. The van der Waals surface area contributed by atoms with E-state index in [1.807, 2.05) is 0 Å². The van der Waals surface area contributed by atoms with Gasteiger partial charge in [-0.25, -0.2) is 9.69 Å². The van der Waals surface area contributed by atoms with Crippen molar-refractivity contribution in [3.05, 3.63) is 81.9 Å². The number of rotatable bonds is 6. The SMILES string of the molecule is O=C(COC(=O)c1cccc(N2C(=O)[C@H]3[C@@H]4C=C[C@H]([C@H]5C[C@H]45)[C@@H]3C2=O)c1)c1cccc([N+](=O)[O-])c1. The molecule has 9 heteroatoms. The summed E-state index contributed by atoms with van der Waals surface area (Å²) >= 11 is 0. The van der Waals surface area contributed by atoms with Gasteiger partial charge in [-0.1, -0.05) is 30.4 Å². The van der Waals surface area contributed by atoms with Gasteiger partial charge in [0.2, 0.25) is 17.6 Å². The molecule has 4 aliphatic carbocycles. The molecule has 0 aromatic heterocycles. The van der Waals surface area contributed by atoms with Crippen LogP contribution < -0.4 is 4.90 Å². The molecule has 176 valence electrons. The first kappa shape index (κ1) is 21.4. The van der Waals surface area contributed by atoms with Crippen molar-refractivity contribution >= 4 is 34.9 Å². The van der Waals surface area contributed by atoms with E-state index in [1.54, 1.807) is 12.1 Å². The van der Waals surface area contributed by atoms with Gasteiger partial charge < -0.3 is 4.74 Å². The molecule has 1 saturated heterocycles. The van der Waals surface area contributed by atoms with Gasteiger partial charge in [0.1, 0.15) is 0 Å². The molecule has 2 aromatic rings. The normalized spacial score (nSPS) is 29.5. The number of benzene rings is 2. The maximum absolute atomic E-state index is 13.3. The minimum absolute atomic E-state index is 0.0536. The number of nitro groups is 1. The van der Waals surface area contributed by atoms with Gasteiger partial charge in [0.15, 0.2) is 6.61 Å². The Morgan fingerprint density at radius 2 is 1.57 bits per heavy atom. The third-order valence-electron chi connectivity index (χ3n) is 7.72. The van der Waals surface area contributed by atoms with Crippen molar-refractivity contribution in [3.8, 4) is 0 Å². The van der Waals surface area contributed by atoms with Crippen molar-refractivity contribution in [2.45, 2.75) is 6.42 Å². The van der Waals surface area contributed by atoms with Gasteiger partial charge in [-0.15, -0.1) is 0 Å². The highest BCUT2D eigenvalue weighted by Crippen LogP contribution is 2.65. The van der Waals surface area contributed by atoms with Gasteiger partial charge in [0.25, 0.3) is 5.69 Å². The molecule has 9 nitrogen and oxygen atoms in total. The average Bonchev–Trinajstić information content (AvgIpc) is 3.65. The number of amides is 2. The molecule has 0 N–H and O–H groups in total. The zero-order valence-corrected chi connectivity index (χ0v) is 18.4. The number of imide groups is 1. The number of carbonyl (C=O) groups is 4. The lowest BCUT2D eigenvalue weighted by Gasteiger charge is -2.37. The van der Waals surface area contributed by atoms with E-state index in [0.29, 0.717) is 17.5 Å². The highest BCUT2D eigenvalue weighted by atomic mass is 16.6. The van der Waals surface area contributed by atoms with Crippen molar-refractivity contribution in [2.24, 2.45) is 35.5 Å². The molecule has 0 spiro atoms. The van der Waals surface area contributed by atoms with Crippen molar-refractivity contribution in [1.82, 2.24) is 0 Å². The molecule has 2 saturated carbocycles. The number of ether oxygens (including phenoxy) is 1. The number of esters is 1. The Bertz CT molecular complexity index is 1310. The summed E-state index contributed by atoms with van der Waals surface area (Å²) in [6, 6.07) is 11.2. The second-order valence-electron chi connectivity index (χ2n) is 9.52. The summed E-state index contributed by atoms with van der Waals surface area (Å²) in [6.07, 6.45) is 5.27. The summed E-state index contributed by atoms with van der Waals surface area (Å²) in [5.74, 6) is -1.34. The molecule has 1 heterocycles. The first-order valence-electron chi connectivity index (χ1n) is 11.5. The molecule has 7 rings (SSSR count). The van der Waals surface area contributed by atoms with Crippen LogP contribution in [-0.2, 0) is 14.3 Å². The van der Waals surface area contributed by atoms with Crippen LogP contribution in [0.4, 0.5) is 11.4 Å². The number of hydrogen-bond acceptors (Lipinski definition) is 7. The van der Waals surface area contributed by atoms with Gasteiger partial charge >= 0.3 is 5.97 Å². The van der Waals surface area contributed by atoms with Crippen LogP contribution >= 0.6 is 0 Å². The van der Waals surface area contributed by atoms with E-state index >= 15 is 0 Å². The summed E-state index contributed by atoms with van der Waals surface area (Å²) in [7, 11) is 0. The fourth-order valence-corrected chi connectivity index (χ4v) is 6.07. The fourth-order valence-electron chi connectivity index (χ4n) is 6.07. The second-order valence-corrected chi connectivity index (χ2v) is 9.52. The van der Waals surface area contributed by atoms with Gasteiger partial charge in [-0.05, 0) is 48.3 Å². The molecule has 2 amide bonds. The predicted molar refractivity (Wildman–Crippen MR) is 121 cm³/mol. The van der Waals surface area contributed by atoms with Crippen LogP contribution in [-0.4, -0.2) is 35.1 Å². The zero-order chi connectivity index (χ0) is 24.4. The molecule has 35 heavy (non-hydrogen) atoms. The second kappa shape index (κ2) is 7.69. The number of carbonyl (C=O) groups excluding carboxylic acids is 4. The Hall–Kier alpha value is -4.14. The first-order chi connectivity index (χ1) is 16.8. The monoisotopic (exact) mass is 472 g/mol. The summed E-state index contributed by atoms with van der Waals surface area (Å²) in [6.45, 7) is -0.603. The van der Waals surface area contributed by atoms with Crippen LogP contribution in [0.15, 0.2) is 60.7 Å². The molecule has 0 radical (unpaired) electrons. The van der Waals surface area contributed by atoms with Crippen molar-refractivity contribution in [3.63, 3.8) is 0 Å². The number of hydrogen-bond donors (Lipinski definition) is 0. The first-order valence-corrected chi connectivity index (χ1v) is 11.5. The Labute approximate surface area is 199 Å². The summed E-state index contributed by atoms with van der Waals surface area (Å²) < 4.78 is 5.12. The molecule has 2 bridgehead atoms. The van der Waals surface area contributed by atoms with E-state index in [2.05, 4.69) is 12.2 Å². The van der Waals surface area contributed by atoms with Crippen LogP contribution in [0.3, 0.4) is 0 Å². The van der Waals surface area contributed by atoms with Gasteiger partial charge in [-0.2, -0.15) is 0 Å². The Balaban J connectivity index is 1.17. The number of nitro benzene ring substituents is 1. The largest absolute Gasteiger partial charge is 0.454 e. The average molecular weight is 472 g/mol. The van der Waals surface area contributed by atoms with Crippen LogP contribution in [0.25, 0.3) is 0 Å². The van der Waals surface area contributed by atoms with Gasteiger partial charge in [-0.3, -0.25) is 24.5 Å². The van der Waals surface area contributed by atoms with E-state index in [0.717, 1.165) is 12.5 Å². The van der Waals surface area contributed by atoms with Crippen molar-refractivity contribution in [1.29, 1.82) is 0 Å². The molecule has 6 atom stereocenters. The predicted octanol–water partition coefficient (Wildman–Crippen LogP) is 3.19. The molecule has 5 aliphatic rings. The smallest absolute Gasteiger partial charge is 0.338 e. The Kier molecular flexibility index (Phi) is 4.70. The van der Waals surface area contributed by atoms with E-state index in [4.69, 9.17) is 4.74 Å². The summed E-state index contributed by atoms with van der Waals surface area (Å²) in [5, 5.41) is 10.9. The molecule has 0 unspecified atom stereocenters. The van der Waals surface area contributed by atoms with Gasteiger partial charge in [0, 0.05) is 17.7 Å². The van der Waals surface area contributed by atoms with Crippen LogP contribution in [0, 0.1) is 45.6 Å². The van der Waals surface area contributed by atoms with Crippen molar-refractivity contribution < 1.29 is 28.8 Å². The highest BCUT2D eigenvalue weighted by molar-refractivity contribution is 6.23. The Morgan fingerprint density at radius 3 is 2.23 bits per heavy atom. The molecule has 1 aliphatic heterocycles. The summed E-state index contributed by atoms with van der Waals surface area (Å²) in [4.78, 5) is 63.1. The number of nitrogens with zero attached hydrogens (tertiary/aromatic N) is 2. The molecule has 2 aromatic carbocycles. The standard InChI is InChI=1S/C26H20N2O7/c29-21(13-3-1-6-16(9-13)28(33)34)12-35-26(32)14-4-2-5-15(10-14)27-24(30)22-17-7-8-18(20-11-19(17)20)23(22)25(27)31/h1-10,17-20,22-23H,11-12H2/t17-,18-,19-,20-,22+,23+/m1/s1. The third kappa shape index (κ3) is 3.30. The highest BCUT2D eigenvalue weighted by Gasteiger charge is 2.67. The number of allylic oxidation sites excluding steroid dienone is 2. The number of Topliss-reactive ketones (excluding diaryl/α,β-unsaturated/α-hetero) is 1. The maximum Gasteiger partial charge on any atom is 0.338 e. The number of anilines is 1. The van der Waals surface area contributed by atoms with E-state index in [1.165, 1.54) is 35.2 Å². The van der Waals surface area contributed by atoms with E-state index in [-0.39, 0.29) is 52.3 Å². The number of non-ortho nitro benzene ring substituents is 1. The topological polar surface area (TPSA) is 124 Å². The van der Waals surface area contributed by atoms with Crippen LogP contribution in [0.5, 0.6) is 0 Å². The Morgan fingerprint density at radius 1 is 0.943 bits per heavy atom. The van der Waals surface area contributed by atoms with Crippen LogP contribution in [0.2, 0.25) is 0 Å². The van der Waals surface area contributed by atoms with Crippen LogP contribution in [0.1, 0.15) is 27.1 Å². The third-order valence-corrected chi connectivity index (χ3v) is 7.72. The fraction of sp³-hybridized carbons (Fsp3) is 0.308. The van der Waals surface area contributed by atoms with Crippen molar-refractivity contribution in [2.75, 3.05) is 11.5 Å². The lowest BCUT2D eigenvalue weighted by molar-refractivity contribution is -0.384. The zero-order valence-electron chi connectivity index (χ0n) is 18.4. The lowest BCUT2D eigenvalue weighted by Crippen LogP contribution is -2.40. The van der Waals surface area contributed by atoms with E-state index < -0.39 is 23.3 Å². The molecular weight excluding hydrogens is 452 g/mol.